The second-order valence-electron chi connectivity index (χ2n) is 7.15. The van der Waals surface area contributed by atoms with Crippen molar-refractivity contribution in [2.45, 2.75) is 26.7 Å². The summed E-state index contributed by atoms with van der Waals surface area (Å²) in [6.45, 7) is 5.25. The molecule has 3 aromatic rings. The maximum Gasteiger partial charge on any atom is 0.261 e. The van der Waals surface area contributed by atoms with Gasteiger partial charge in [-0.3, -0.25) is 9.59 Å². The summed E-state index contributed by atoms with van der Waals surface area (Å²) in [5.41, 5.74) is 4.82. The molecule has 5 heteroatoms. The molecule has 4 nitrogen and oxygen atoms in total. The number of rotatable bonds is 8. The highest BCUT2D eigenvalue weighted by atomic mass is 32.1. The molecule has 1 heterocycles. The van der Waals surface area contributed by atoms with Crippen LogP contribution in [0.5, 0.6) is 0 Å². The standard InChI is InChI=1S/C24H26N2O2S/c1-17-5-3-7-19(15-17)11-13-25-23(27)21-9-10-22(29-21)24(28)26-14-12-20-8-4-6-18(2)16-20/h3-10,15-16H,11-14H2,1-2H3,(H,25,27)(H,26,28). The summed E-state index contributed by atoms with van der Waals surface area (Å²) in [7, 11) is 0. The maximum absolute atomic E-state index is 12.3. The lowest BCUT2D eigenvalue weighted by molar-refractivity contribution is 0.0951. The molecule has 2 amide bonds. The average Bonchev–Trinajstić information content (AvgIpc) is 3.18. The first-order valence-electron chi connectivity index (χ1n) is 9.78. The predicted molar refractivity (Wildman–Crippen MR) is 119 cm³/mol. The zero-order valence-corrected chi connectivity index (χ0v) is 17.6. The van der Waals surface area contributed by atoms with Crippen LogP contribution in [0.2, 0.25) is 0 Å². The van der Waals surface area contributed by atoms with E-state index in [1.165, 1.54) is 33.6 Å². The highest BCUT2D eigenvalue weighted by Crippen LogP contribution is 2.16. The van der Waals surface area contributed by atoms with E-state index >= 15 is 0 Å². The predicted octanol–water partition coefficient (Wildman–Crippen LogP) is 4.31. The van der Waals surface area contributed by atoms with Crippen molar-refractivity contribution < 1.29 is 9.59 Å². The van der Waals surface area contributed by atoms with Crippen molar-refractivity contribution in [2.24, 2.45) is 0 Å². The first kappa shape index (κ1) is 20.8. The van der Waals surface area contributed by atoms with Gasteiger partial charge in [0.1, 0.15) is 0 Å². The fourth-order valence-corrected chi connectivity index (χ4v) is 3.97. The fraction of sp³-hybridized carbons (Fsp3) is 0.250. The normalized spacial score (nSPS) is 10.6. The Balaban J connectivity index is 1.45. The minimum Gasteiger partial charge on any atom is -0.351 e. The number of hydrogen-bond acceptors (Lipinski definition) is 3. The molecule has 2 N–H and O–H groups in total. The molecule has 1 aromatic heterocycles. The highest BCUT2D eigenvalue weighted by molar-refractivity contribution is 7.15. The van der Waals surface area contributed by atoms with Crippen LogP contribution in [0.25, 0.3) is 0 Å². The Hall–Kier alpha value is -2.92. The van der Waals surface area contributed by atoms with Gasteiger partial charge in [0.25, 0.3) is 11.8 Å². The number of nitrogens with one attached hydrogen (secondary N) is 2. The zero-order chi connectivity index (χ0) is 20.6. The number of hydrogen-bond donors (Lipinski definition) is 2. The molecule has 0 fully saturated rings. The second kappa shape index (κ2) is 10.0. The SMILES string of the molecule is Cc1cccc(CCNC(=O)c2ccc(C(=O)NCCc3cccc(C)c3)s2)c1. The highest BCUT2D eigenvalue weighted by Gasteiger charge is 2.13. The minimum absolute atomic E-state index is 0.138. The zero-order valence-electron chi connectivity index (χ0n) is 16.8. The van der Waals surface area contributed by atoms with Crippen molar-refractivity contribution >= 4 is 23.2 Å². The van der Waals surface area contributed by atoms with Gasteiger partial charge in [-0.15, -0.1) is 11.3 Å². The van der Waals surface area contributed by atoms with Gasteiger partial charge >= 0.3 is 0 Å². The van der Waals surface area contributed by atoms with Gasteiger partial charge < -0.3 is 10.6 Å². The molecule has 0 spiro atoms. The first-order valence-corrected chi connectivity index (χ1v) is 10.6. The summed E-state index contributed by atoms with van der Waals surface area (Å²) in [5.74, 6) is -0.275. The van der Waals surface area contributed by atoms with Gasteiger partial charge in [-0.2, -0.15) is 0 Å². The Morgan fingerprint density at radius 1 is 0.724 bits per heavy atom. The van der Waals surface area contributed by atoms with E-state index in [0.29, 0.717) is 22.8 Å². The molecule has 0 saturated carbocycles. The third-order valence-corrected chi connectivity index (χ3v) is 5.70. The lowest BCUT2D eigenvalue weighted by Gasteiger charge is -2.05. The van der Waals surface area contributed by atoms with Gasteiger partial charge in [-0.25, -0.2) is 0 Å². The number of carbonyl (C=O) groups is 2. The number of carbonyl (C=O) groups excluding carboxylic acids is 2. The van der Waals surface area contributed by atoms with Crippen LogP contribution in [-0.4, -0.2) is 24.9 Å². The minimum atomic E-state index is -0.138. The molecule has 0 aliphatic heterocycles. The fourth-order valence-electron chi connectivity index (χ4n) is 3.13. The van der Waals surface area contributed by atoms with Crippen molar-refractivity contribution in [2.75, 3.05) is 13.1 Å². The van der Waals surface area contributed by atoms with Crippen LogP contribution in [0.4, 0.5) is 0 Å². The largest absolute Gasteiger partial charge is 0.351 e. The number of aryl methyl sites for hydroxylation is 2. The van der Waals surface area contributed by atoms with E-state index < -0.39 is 0 Å². The van der Waals surface area contributed by atoms with Gasteiger partial charge in [-0.1, -0.05) is 59.7 Å². The maximum atomic E-state index is 12.3. The van der Waals surface area contributed by atoms with Crippen LogP contribution in [0.3, 0.4) is 0 Å². The molecule has 0 bridgehead atoms. The molecule has 0 unspecified atom stereocenters. The third-order valence-electron chi connectivity index (χ3n) is 4.62. The van der Waals surface area contributed by atoms with Crippen molar-refractivity contribution in [3.63, 3.8) is 0 Å². The van der Waals surface area contributed by atoms with Gasteiger partial charge in [0.15, 0.2) is 0 Å². The van der Waals surface area contributed by atoms with Gasteiger partial charge in [0.2, 0.25) is 0 Å². The van der Waals surface area contributed by atoms with E-state index in [1.54, 1.807) is 12.1 Å². The Labute approximate surface area is 176 Å². The topological polar surface area (TPSA) is 58.2 Å². The monoisotopic (exact) mass is 406 g/mol. The number of amides is 2. The molecular weight excluding hydrogens is 380 g/mol. The Bertz CT molecular complexity index is 916. The molecule has 0 aliphatic rings. The summed E-state index contributed by atoms with van der Waals surface area (Å²) in [6, 6.07) is 19.9. The molecule has 3 rings (SSSR count). The Kier molecular flexibility index (Phi) is 7.19. The van der Waals surface area contributed by atoms with Gasteiger partial charge in [-0.05, 0) is 49.9 Å². The summed E-state index contributed by atoms with van der Waals surface area (Å²) >= 11 is 1.22. The van der Waals surface area contributed by atoms with E-state index in [0.717, 1.165) is 12.8 Å². The molecule has 0 saturated heterocycles. The van der Waals surface area contributed by atoms with Crippen LogP contribution in [0.1, 0.15) is 41.6 Å². The number of benzene rings is 2. The second-order valence-corrected chi connectivity index (χ2v) is 8.24. The average molecular weight is 407 g/mol. The van der Waals surface area contributed by atoms with E-state index in [2.05, 4.69) is 60.9 Å². The van der Waals surface area contributed by atoms with E-state index in [9.17, 15) is 9.59 Å². The summed E-state index contributed by atoms with van der Waals surface area (Å²) in [6.07, 6.45) is 1.57. The van der Waals surface area contributed by atoms with Crippen LogP contribution >= 0.6 is 11.3 Å². The van der Waals surface area contributed by atoms with Gasteiger partial charge in [0.05, 0.1) is 9.75 Å². The summed E-state index contributed by atoms with van der Waals surface area (Å²) < 4.78 is 0. The first-order chi connectivity index (χ1) is 14.0. The van der Waals surface area contributed by atoms with Crippen LogP contribution in [-0.2, 0) is 12.8 Å². The van der Waals surface area contributed by atoms with Crippen molar-refractivity contribution in [1.82, 2.24) is 10.6 Å². The van der Waals surface area contributed by atoms with E-state index in [-0.39, 0.29) is 11.8 Å². The van der Waals surface area contributed by atoms with E-state index in [4.69, 9.17) is 0 Å². The molecule has 0 radical (unpaired) electrons. The molecule has 0 atom stereocenters. The van der Waals surface area contributed by atoms with Crippen LogP contribution in [0, 0.1) is 13.8 Å². The van der Waals surface area contributed by atoms with Crippen LogP contribution < -0.4 is 10.6 Å². The smallest absolute Gasteiger partial charge is 0.261 e. The lowest BCUT2D eigenvalue weighted by Crippen LogP contribution is -2.25. The Morgan fingerprint density at radius 3 is 1.59 bits per heavy atom. The number of thiophene rings is 1. The quantitative estimate of drug-likeness (QED) is 0.586. The van der Waals surface area contributed by atoms with E-state index in [1.807, 2.05) is 12.1 Å². The lowest BCUT2D eigenvalue weighted by atomic mass is 10.1. The molecule has 150 valence electrons. The summed E-state index contributed by atoms with van der Waals surface area (Å²) in [4.78, 5) is 25.8. The van der Waals surface area contributed by atoms with Crippen molar-refractivity contribution in [3.05, 3.63) is 92.7 Å². The molecule has 29 heavy (non-hydrogen) atoms. The van der Waals surface area contributed by atoms with Crippen LogP contribution in [0.15, 0.2) is 60.7 Å². The Morgan fingerprint density at radius 2 is 1.17 bits per heavy atom. The van der Waals surface area contributed by atoms with Crippen molar-refractivity contribution in [1.29, 1.82) is 0 Å². The van der Waals surface area contributed by atoms with Crippen molar-refractivity contribution in [3.8, 4) is 0 Å². The summed E-state index contributed by atoms with van der Waals surface area (Å²) in [5, 5.41) is 5.86. The molecule has 0 aliphatic carbocycles. The molecular formula is C24H26N2O2S. The molecule has 2 aromatic carbocycles. The van der Waals surface area contributed by atoms with Gasteiger partial charge in [0, 0.05) is 13.1 Å². The third kappa shape index (κ3) is 6.29.